The second-order valence-electron chi connectivity index (χ2n) is 10.9. The standard InChI is InChI=1S/C27H39N5O4/c1-8-17-31-20(15-11-12-16-28)21-18-13-9-10-14-19(18)29-23(22(21)30-31)32(24(33)35-26(2,3)4)25(34)36-27(5,6)7/h9-10,13-14H,8,11-12,15-17,28H2,1-7H3. The molecule has 9 nitrogen and oxygen atoms in total. The lowest BCUT2D eigenvalue weighted by atomic mass is 10.0. The largest absolute Gasteiger partial charge is 0.443 e. The van der Waals surface area contributed by atoms with Gasteiger partial charge in [-0.15, -0.1) is 0 Å². The van der Waals surface area contributed by atoms with Crippen molar-refractivity contribution < 1.29 is 19.1 Å². The number of benzene rings is 1. The summed E-state index contributed by atoms with van der Waals surface area (Å²) in [5, 5.41) is 6.66. The van der Waals surface area contributed by atoms with E-state index in [1.54, 1.807) is 41.5 Å². The SMILES string of the molecule is CCCn1nc2c(N(C(=O)OC(C)(C)C)C(=O)OC(C)(C)C)nc3ccccc3c2c1CCCCN. The van der Waals surface area contributed by atoms with Gasteiger partial charge in [-0.25, -0.2) is 14.6 Å². The number of rotatable bonds is 7. The minimum atomic E-state index is -0.865. The Labute approximate surface area is 212 Å². The molecule has 2 N–H and O–H groups in total. The molecule has 2 heterocycles. The highest BCUT2D eigenvalue weighted by Gasteiger charge is 2.36. The predicted molar refractivity (Wildman–Crippen MR) is 142 cm³/mol. The first-order chi connectivity index (χ1) is 16.9. The summed E-state index contributed by atoms with van der Waals surface area (Å²) in [5.74, 6) is 0.0992. The summed E-state index contributed by atoms with van der Waals surface area (Å²) >= 11 is 0. The number of para-hydroxylation sites is 1. The first-order valence-electron chi connectivity index (χ1n) is 12.6. The van der Waals surface area contributed by atoms with E-state index in [9.17, 15) is 9.59 Å². The van der Waals surface area contributed by atoms with Crippen molar-refractivity contribution in [3.63, 3.8) is 0 Å². The number of unbranched alkanes of at least 4 members (excludes halogenated alkanes) is 1. The smallest absolute Gasteiger partial charge is 0.425 e. The summed E-state index contributed by atoms with van der Waals surface area (Å²) in [5.41, 5.74) is 6.24. The number of amides is 2. The minimum Gasteiger partial charge on any atom is -0.443 e. The highest BCUT2D eigenvalue weighted by atomic mass is 16.6. The van der Waals surface area contributed by atoms with Crippen molar-refractivity contribution in [2.45, 2.75) is 91.9 Å². The maximum absolute atomic E-state index is 13.4. The van der Waals surface area contributed by atoms with Crippen LogP contribution in [0, 0.1) is 0 Å². The van der Waals surface area contributed by atoms with Crippen molar-refractivity contribution in [2.24, 2.45) is 5.73 Å². The van der Waals surface area contributed by atoms with Gasteiger partial charge in [-0.3, -0.25) is 4.68 Å². The number of carbonyl (C=O) groups is 2. The van der Waals surface area contributed by atoms with Crippen molar-refractivity contribution in [3.8, 4) is 0 Å². The summed E-state index contributed by atoms with van der Waals surface area (Å²) in [7, 11) is 0. The fourth-order valence-electron chi connectivity index (χ4n) is 3.99. The Kier molecular flexibility index (Phi) is 8.23. The highest BCUT2D eigenvalue weighted by molar-refractivity contribution is 6.18. The number of ether oxygens (including phenoxy) is 2. The van der Waals surface area contributed by atoms with Gasteiger partial charge in [-0.1, -0.05) is 25.1 Å². The van der Waals surface area contributed by atoms with Crippen molar-refractivity contribution >= 4 is 39.8 Å². The van der Waals surface area contributed by atoms with Gasteiger partial charge in [0, 0.05) is 23.0 Å². The first-order valence-corrected chi connectivity index (χ1v) is 12.6. The van der Waals surface area contributed by atoms with E-state index in [1.807, 2.05) is 28.9 Å². The molecule has 2 aromatic heterocycles. The number of nitrogens with zero attached hydrogens (tertiary/aromatic N) is 4. The Morgan fingerprint density at radius 3 is 2.17 bits per heavy atom. The van der Waals surface area contributed by atoms with Crippen LogP contribution in [0.15, 0.2) is 24.3 Å². The number of anilines is 1. The average Bonchev–Trinajstić information content (AvgIpc) is 3.10. The second kappa shape index (κ2) is 10.8. The molecule has 0 fully saturated rings. The van der Waals surface area contributed by atoms with E-state index in [0.717, 1.165) is 47.0 Å². The van der Waals surface area contributed by atoms with Gasteiger partial charge in [0.15, 0.2) is 5.82 Å². The van der Waals surface area contributed by atoms with Gasteiger partial charge in [0.05, 0.1) is 5.52 Å². The summed E-state index contributed by atoms with van der Waals surface area (Å²) < 4.78 is 13.2. The van der Waals surface area contributed by atoms with Crippen LogP contribution in [0.4, 0.5) is 15.4 Å². The lowest BCUT2D eigenvalue weighted by Crippen LogP contribution is -2.44. The predicted octanol–water partition coefficient (Wildman–Crippen LogP) is 5.95. The third-order valence-electron chi connectivity index (χ3n) is 5.34. The van der Waals surface area contributed by atoms with E-state index < -0.39 is 23.4 Å². The van der Waals surface area contributed by atoms with E-state index in [-0.39, 0.29) is 5.82 Å². The number of aromatic nitrogens is 3. The molecule has 0 aliphatic rings. The molecule has 0 aliphatic carbocycles. The monoisotopic (exact) mass is 497 g/mol. The van der Waals surface area contributed by atoms with Gasteiger partial charge in [0.25, 0.3) is 0 Å². The Bertz CT molecular complexity index is 1210. The van der Waals surface area contributed by atoms with E-state index in [0.29, 0.717) is 24.1 Å². The second-order valence-corrected chi connectivity index (χ2v) is 10.9. The van der Waals surface area contributed by atoms with E-state index in [4.69, 9.17) is 25.3 Å². The van der Waals surface area contributed by atoms with Crippen molar-refractivity contribution in [3.05, 3.63) is 30.0 Å². The molecule has 0 unspecified atom stereocenters. The molecule has 3 rings (SSSR count). The van der Waals surface area contributed by atoms with Gasteiger partial charge in [-0.2, -0.15) is 10.00 Å². The molecule has 0 saturated heterocycles. The highest BCUT2D eigenvalue weighted by Crippen LogP contribution is 2.35. The van der Waals surface area contributed by atoms with E-state index in [2.05, 4.69) is 6.92 Å². The van der Waals surface area contributed by atoms with Gasteiger partial charge in [0.2, 0.25) is 0 Å². The summed E-state index contributed by atoms with van der Waals surface area (Å²) in [6, 6.07) is 7.68. The van der Waals surface area contributed by atoms with Crippen LogP contribution >= 0.6 is 0 Å². The van der Waals surface area contributed by atoms with Crippen LogP contribution in [0.1, 0.15) is 73.4 Å². The van der Waals surface area contributed by atoms with E-state index >= 15 is 0 Å². The lowest BCUT2D eigenvalue weighted by Gasteiger charge is -2.28. The number of hydrogen-bond donors (Lipinski definition) is 1. The molecule has 0 radical (unpaired) electrons. The third-order valence-corrected chi connectivity index (χ3v) is 5.34. The molecular weight excluding hydrogens is 458 g/mol. The number of pyridine rings is 1. The van der Waals surface area contributed by atoms with Crippen LogP contribution in [0.25, 0.3) is 21.8 Å². The van der Waals surface area contributed by atoms with Gasteiger partial charge in [-0.05, 0) is 79.8 Å². The molecule has 0 bridgehead atoms. The average molecular weight is 498 g/mol. The Morgan fingerprint density at radius 1 is 1.00 bits per heavy atom. The fraction of sp³-hybridized carbons (Fsp3) is 0.556. The van der Waals surface area contributed by atoms with Crippen LogP contribution in [0.5, 0.6) is 0 Å². The fourth-order valence-corrected chi connectivity index (χ4v) is 3.99. The van der Waals surface area contributed by atoms with Gasteiger partial charge >= 0.3 is 12.2 Å². The number of aryl methyl sites for hydroxylation is 2. The normalized spacial score (nSPS) is 12.2. The van der Waals surface area contributed by atoms with Crippen LogP contribution in [-0.4, -0.2) is 44.7 Å². The molecule has 1 aromatic carbocycles. The van der Waals surface area contributed by atoms with Gasteiger partial charge < -0.3 is 15.2 Å². The maximum Gasteiger partial charge on any atom is 0.425 e. The van der Waals surface area contributed by atoms with Crippen LogP contribution < -0.4 is 10.6 Å². The zero-order valence-corrected chi connectivity index (χ0v) is 22.6. The van der Waals surface area contributed by atoms with Crippen LogP contribution in [-0.2, 0) is 22.4 Å². The van der Waals surface area contributed by atoms with Crippen molar-refractivity contribution in [1.82, 2.24) is 14.8 Å². The third kappa shape index (κ3) is 6.32. The molecule has 36 heavy (non-hydrogen) atoms. The number of carbonyl (C=O) groups excluding carboxylic acids is 2. The number of imide groups is 1. The molecule has 0 spiro atoms. The summed E-state index contributed by atoms with van der Waals surface area (Å²) in [6.07, 6.45) is 1.69. The Morgan fingerprint density at radius 2 is 1.61 bits per heavy atom. The zero-order valence-electron chi connectivity index (χ0n) is 22.6. The zero-order chi connectivity index (χ0) is 26.7. The molecule has 2 amide bonds. The molecule has 9 heteroatoms. The molecule has 0 saturated carbocycles. The molecule has 196 valence electrons. The maximum atomic E-state index is 13.4. The topological polar surface area (TPSA) is 113 Å². The summed E-state index contributed by atoms with van der Waals surface area (Å²) in [6.45, 7) is 13.8. The molecule has 3 aromatic rings. The molecule has 0 atom stereocenters. The lowest BCUT2D eigenvalue weighted by molar-refractivity contribution is 0.0429. The minimum absolute atomic E-state index is 0.0992. The van der Waals surface area contributed by atoms with Crippen molar-refractivity contribution in [1.29, 1.82) is 0 Å². The molecule has 0 aliphatic heterocycles. The Balaban J connectivity index is 2.33. The quantitative estimate of drug-likeness (QED) is 0.401. The van der Waals surface area contributed by atoms with Crippen molar-refractivity contribution in [2.75, 3.05) is 11.4 Å². The van der Waals surface area contributed by atoms with Crippen LogP contribution in [0.3, 0.4) is 0 Å². The first kappa shape index (κ1) is 27.4. The summed E-state index contributed by atoms with van der Waals surface area (Å²) in [4.78, 5) is 32.4. The van der Waals surface area contributed by atoms with Gasteiger partial charge in [0.1, 0.15) is 16.7 Å². The number of fused-ring (bicyclic) bond motifs is 3. The Hall–Kier alpha value is -3.20. The number of hydrogen-bond acceptors (Lipinski definition) is 7. The van der Waals surface area contributed by atoms with Crippen LogP contribution in [0.2, 0.25) is 0 Å². The number of nitrogens with two attached hydrogens (primary N) is 1. The molecular formula is C27H39N5O4. The van der Waals surface area contributed by atoms with E-state index in [1.165, 1.54) is 0 Å².